The molecule has 0 bridgehead atoms. The summed E-state index contributed by atoms with van der Waals surface area (Å²) < 4.78 is 0. The first-order valence-electron chi connectivity index (χ1n) is 7.90. The molecule has 2 unspecified atom stereocenters. The highest BCUT2D eigenvalue weighted by atomic mass is 16.2. The standard InChI is InChI=1S/C17H22N2O2/c1-2-14-16(20)18-15(12-8-4-3-5-9-12)17(21)19(14)13-10-6-7-11-13/h3-5,8-9,13-15H,2,6-7,10-11H2,1H3,(H,18,20). The Morgan fingerprint density at radius 3 is 2.43 bits per heavy atom. The summed E-state index contributed by atoms with van der Waals surface area (Å²) in [6, 6.07) is 8.94. The van der Waals surface area contributed by atoms with Crippen molar-refractivity contribution in [3.63, 3.8) is 0 Å². The lowest BCUT2D eigenvalue weighted by atomic mass is 9.97. The number of hydrogen-bond acceptors (Lipinski definition) is 2. The molecule has 21 heavy (non-hydrogen) atoms. The quantitative estimate of drug-likeness (QED) is 0.927. The number of carbonyl (C=O) groups excluding carboxylic acids is 2. The highest BCUT2D eigenvalue weighted by molar-refractivity contribution is 5.97. The van der Waals surface area contributed by atoms with E-state index in [0.29, 0.717) is 6.42 Å². The number of piperazine rings is 1. The first-order valence-corrected chi connectivity index (χ1v) is 7.90. The number of nitrogens with one attached hydrogen (secondary N) is 1. The van der Waals surface area contributed by atoms with Crippen LogP contribution in [0.3, 0.4) is 0 Å². The summed E-state index contributed by atoms with van der Waals surface area (Å²) in [5, 5.41) is 2.91. The van der Waals surface area contributed by atoms with Gasteiger partial charge in [0, 0.05) is 6.04 Å². The van der Waals surface area contributed by atoms with Crippen molar-refractivity contribution in [1.82, 2.24) is 10.2 Å². The van der Waals surface area contributed by atoms with Crippen LogP contribution in [0.2, 0.25) is 0 Å². The maximum absolute atomic E-state index is 12.9. The van der Waals surface area contributed by atoms with Crippen LogP contribution in [0.25, 0.3) is 0 Å². The third-order valence-corrected chi connectivity index (χ3v) is 4.66. The van der Waals surface area contributed by atoms with Crippen molar-refractivity contribution in [3.05, 3.63) is 35.9 Å². The van der Waals surface area contributed by atoms with Gasteiger partial charge in [-0.2, -0.15) is 0 Å². The molecule has 3 rings (SSSR count). The number of benzene rings is 1. The number of carbonyl (C=O) groups is 2. The van der Waals surface area contributed by atoms with Crippen molar-refractivity contribution >= 4 is 11.8 Å². The average molecular weight is 286 g/mol. The van der Waals surface area contributed by atoms with Crippen molar-refractivity contribution in [2.75, 3.05) is 0 Å². The largest absolute Gasteiger partial charge is 0.339 e. The van der Waals surface area contributed by atoms with Gasteiger partial charge in [0.2, 0.25) is 5.91 Å². The Hall–Kier alpha value is -1.84. The average Bonchev–Trinajstić information content (AvgIpc) is 3.03. The minimum Gasteiger partial charge on any atom is -0.339 e. The zero-order chi connectivity index (χ0) is 14.8. The van der Waals surface area contributed by atoms with Crippen LogP contribution in [0.5, 0.6) is 0 Å². The van der Waals surface area contributed by atoms with E-state index < -0.39 is 6.04 Å². The fraction of sp³-hybridized carbons (Fsp3) is 0.529. The molecule has 1 N–H and O–H groups in total. The van der Waals surface area contributed by atoms with Gasteiger partial charge in [-0.25, -0.2) is 0 Å². The molecule has 2 fully saturated rings. The molecule has 4 nitrogen and oxygen atoms in total. The highest BCUT2D eigenvalue weighted by Gasteiger charge is 2.43. The summed E-state index contributed by atoms with van der Waals surface area (Å²) in [6.07, 6.45) is 5.04. The van der Waals surface area contributed by atoms with E-state index in [-0.39, 0.29) is 23.9 Å². The second-order valence-corrected chi connectivity index (χ2v) is 5.96. The van der Waals surface area contributed by atoms with Gasteiger partial charge in [0.1, 0.15) is 12.1 Å². The zero-order valence-electron chi connectivity index (χ0n) is 12.4. The molecule has 0 spiro atoms. The molecule has 1 heterocycles. The Bertz CT molecular complexity index is 523. The number of rotatable bonds is 3. The smallest absolute Gasteiger partial charge is 0.250 e. The molecule has 112 valence electrons. The number of hydrogen-bond donors (Lipinski definition) is 1. The van der Waals surface area contributed by atoms with Crippen LogP contribution in [0, 0.1) is 0 Å². The Balaban J connectivity index is 1.91. The molecule has 1 aliphatic heterocycles. The van der Waals surface area contributed by atoms with Crippen molar-refractivity contribution < 1.29 is 9.59 Å². The number of nitrogens with zero attached hydrogens (tertiary/aromatic N) is 1. The molecule has 1 aliphatic carbocycles. The molecule has 1 aromatic rings. The van der Waals surface area contributed by atoms with Gasteiger partial charge in [-0.15, -0.1) is 0 Å². The second kappa shape index (κ2) is 5.88. The lowest BCUT2D eigenvalue weighted by Gasteiger charge is -2.42. The maximum atomic E-state index is 12.9. The molecule has 2 amide bonds. The van der Waals surface area contributed by atoms with E-state index in [2.05, 4.69) is 5.32 Å². The minimum absolute atomic E-state index is 0.0159. The second-order valence-electron chi connectivity index (χ2n) is 5.96. The van der Waals surface area contributed by atoms with Crippen LogP contribution in [0.15, 0.2) is 30.3 Å². The van der Waals surface area contributed by atoms with E-state index in [0.717, 1.165) is 31.2 Å². The minimum atomic E-state index is -0.526. The van der Waals surface area contributed by atoms with E-state index in [9.17, 15) is 9.59 Å². The van der Waals surface area contributed by atoms with Gasteiger partial charge < -0.3 is 10.2 Å². The Morgan fingerprint density at radius 2 is 1.81 bits per heavy atom. The van der Waals surface area contributed by atoms with Gasteiger partial charge in [-0.05, 0) is 24.8 Å². The van der Waals surface area contributed by atoms with E-state index in [4.69, 9.17) is 0 Å². The monoisotopic (exact) mass is 286 g/mol. The summed E-state index contributed by atoms with van der Waals surface area (Å²) in [5.74, 6) is 0.0393. The van der Waals surface area contributed by atoms with E-state index in [1.165, 1.54) is 0 Å². The van der Waals surface area contributed by atoms with E-state index in [1.807, 2.05) is 42.2 Å². The summed E-state index contributed by atoms with van der Waals surface area (Å²) in [5.41, 5.74) is 0.869. The number of amides is 2. The van der Waals surface area contributed by atoms with Crippen molar-refractivity contribution in [2.45, 2.75) is 57.2 Å². The van der Waals surface area contributed by atoms with E-state index in [1.54, 1.807) is 0 Å². The molecular formula is C17H22N2O2. The van der Waals surface area contributed by atoms with Gasteiger partial charge in [-0.3, -0.25) is 9.59 Å². The molecule has 4 heteroatoms. The Kier molecular flexibility index (Phi) is 3.95. The van der Waals surface area contributed by atoms with Crippen molar-refractivity contribution in [2.24, 2.45) is 0 Å². The van der Waals surface area contributed by atoms with Crippen molar-refractivity contribution in [3.8, 4) is 0 Å². The molecule has 1 saturated carbocycles. The van der Waals surface area contributed by atoms with E-state index >= 15 is 0 Å². The first kappa shape index (κ1) is 14.1. The fourth-order valence-electron chi connectivity index (χ4n) is 3.60. The summed E-state index contributed by atoms with van der Waals surface area (Å²) in [6.45, 7) is 1.97. The van der Waals surface area contributed by atoms with Crippen LogP contribution in [0.1, 0.15) is 50.6 Å². The highest BCUT2D eigenvalue weighted by Crippen LogP contribution is 2.31. The van der Waals surface area contributed by atoms with Gasteiger partial charge >= 0.3 is 0 Å². The summed E-state index contributed by atoms with van der Waals surface area (Å²) in [7, 11) is 0. The normalized spacial score (nSPS) is 27.0. The summed E-state index contributed by atoms with van der Waals surface area (Å²) in [4.78, 5) is 27.2. The van der Waals surface area contributed by atoms with Crippen LogP contribution >= 0.6 is 0 Å². The summed E-state index contributed by atoms with van der Waals surface area (Å²) >= 11 is 0. The van der Waals surface area contributed by atoms with Crippen molar-refractivity contribution in [1.29, 1.82) is 0 Å². The molecule has 2 atom stereocenters. The van der Waals surface area contributed by atoms with Gasteiger partial charge in [-0.1, -0.05) is 50.1 Å². The van der Waals surface area contributed by atoms with Crippen LogP contribution in [-0.2, 0) is 9.59 Å². The predicted octanol–water partition coefficient (Wildman–Crippen LogP) is 2.41. The molecular weight excluding hydrogens is 264 g/mol. The van der Waals surface area contributed by atoms with Crippen LogP contribution < -0.4 is 5.32 Å². The topological polar surface area (TPSA) is 49.4 Å². The van der Waals surface area contributed by atoms with Crippen LogP contribution in [-0.4, -0.2) is 28.8 Å². The molecule has 1 saturated heterocycles. The fourth-order valence-corrected chi connectivity index (χ4v) is 3.60. The predicted molar refractivity (Wildman–Crippen MR) is 80.5 cm³/mol. The first-order chi connectivity index (χ1) is 10.2. The van der Waals surface area contributed by atoms with Crippen LogP contribution in [0.4, 0.5) is 0 Å². The van der Waals surface area contributed by atoms with Gasteiger partial charge in [0.25, 0.3) is 5.91 Å². The van der Waals surface area contributed by atoms with Gasteiger partial charge in [0.05, 0.1) is 0 Å². The Labute approximate surface area is 125 Å². The zero-order valence-corrected chi connectivity index (χ0v) is 12.4. The lowest BCUT2D eigenvalue weighted by molar-refractivity contribution is -0.152. The third-order valence-electron chi connectivity index (χ3n) is 4.66. The van der Waals surface area contributed by atoms with Gasteiger partial charge in [0.15, 0.2) is 0 Å². The molecule has 1 aromatic carbocycles. The SMILES string of the molecule is CCC1C(=O)NC(c2ccccc2)C(=O)N1C1CCCC1. The lowest BCUT2D eigenvalue weighted by Crippen LogP contribution is -2.61. The molecule has 2 aliphatic rings. The third kappa shape index (κ3) is 2.55. The molecule has 0 aromatic heterocycles. The molecule has 0 radical (unpaired) electrons. The maximum Gasteiger partial charge on any atom is 0.250 e. The Morgan fingerprint density at radius 1 is 1.14 bits per heavy atom.